The van der Waals surface area contributed by atoms with Crippen LogP contribution in [0.5, 0.6) is 5.75 Å². The number of carbonyl (C=O) groups excluding carboxylic acids is 1. The van der Waals surface area contributed by atoms with E-state index in [1.54, 1.807) is 12.1 Å². The van der Waals surface area contributed by atoms with Crippen molar-refractivity contribution < 1.29 is 19.4 Å². The normalized spacial score (nSPS) is 11.5. The fourth-order valence-electron chi connectivity index (χ4n) is 1.54. The van der Waals surface area contributed by atoms with E-state index in [-0.39, 0.29) is 18.6 Å². The third-order valence-corrected chi connectivity index (χ3v) is 2.88. The van der Waals surface area contributed by atoms with Gasteiger partial charge in [-0.15, -0.1) is 0 Å². The van der Waals surface area contributed by atoms with Crippen molar-refractivity contribution in [2.75, 3.05) is 13.1 Å². The number of hydrogen-bond donors (Lipinski definition) is 3. The molecule has 1 aromatic carbocycles. The molecule has 0 saturated heterocycles. The van der Waals surface area contributed by atoms with Crippen LogP contribution in [0.1, 0.15) is 19.8 Å². The molecule has 1 atom stereocenters. The van der Waals surface area contributed by atoms with Crippen LogP contribution in [0.3, 0.4) is 0 Å². The SMILES string of the molecule is CC(CNC(=O)NCCCC(=O)O)Oc1ccccc1Cl. The minimum atomic E-state index is -0.876. The van der Waals surface area contributed by atoms with Crippen LogP contribution < -0.4 is 15.4 Å². The van der Waals surface area contributed by atoms with Crippen molar-refractivity contribution in [1.82, 2.24) is 10.6 Å². The second-order valence-corrected chi connectivity index (χ2v) is 4.90. The van der Waals surface area contributed by atoms with Crippen molar-refractivity contribution in [2.45, 2.75) is 25.9 Å². The number of carboxylic acid groups (broad SMARTS) is 1. The van der Waals surface area contributed by atoms with Gasteiger partial charge in [-0.3, -0.25) is 4.79 Å². The van der Waals surface area contributed by atoms with Crippen molar-refractivity contribution in [1.29, 1.82) is 0 Å². The number of para-hydroxylation sites is 1. The average molecular weight is 315 g/mol. The molecule has 0 heterocycles. The van der Waals surface area contributed by atoms with Gasteiger partial charge in [0.2, 0.25) is 0 Å². The van der Waals surface area contributed by atoms with Gasteiger partial charge in [-0.2, -0.15) is 0 Å². The molecule has 2 amide bonds. The number of ether oxygens (including phenoxy) is 1. The van der Waals surface area contributed by atoms with Gasteiger partial charge >= 0.3 is 12.0 Å². The zero-order valence-electron chi connectivity index (χ0n) is 11.8. The van der Waals surface area contributed by atoms with E-state index in [9.17, 15) is 9.59 Å². The number of aliphatic carboxylic acids is 1. The first-order valence-corrected chi connectivity index (χ1v) is 7.01. The molecule has 7 heteroatoms. The smallest absolute Gasteiger partial charge is 0.314 e. The van der Waals surface area contributed by atoms with Gasteiger partial charge in [-0.25, -0.2) is 4.79 Å². The third-order valence-electron chi connectivity index (χ3n) is 2.57. The molecule has 1 rings (SSSR count). The highest BCUT2D eigenvalue weighted by Gasteiger charge is 2.08. The summed E-state index contributed by atoms with van der Waals surface area (Å²) in [4.78, 5) is 21.8. The Hall–Kier alpha value is -1.95. The molecule has 116 valence electrons. The summed E-state index contributed by atoms with van der Waals surface area (Å²) in [7, 11) is 0. The summed E-state index contributed by atoms with van der Waals surface area (Å²) in [5.74, 6) is -0.311. The highest BCUT2D eigenvalue weighted by molar-refractivity contribution is 6.32. The van der Waals surface area contributed by atoms with E-state index in [1.807, 2.05) is 19.1 Å². The first-order chi connectivity index (χ1) is 9.99. The van der Waals surface area contributed by atoms with Crippen molar-refractivity contribution in [3.63, 3.8) is 0 Å². The van der Waals surface area contributed by atoms with Gasteiger partial charge < -0.3 is 20.5 Å². The molecule has 6 nitrogen and oxygen atoms in total. The molecule has 0 aliphatic heterocycles. The van der Waals surface area contributed by atoms with Crippen LogP contribution in [-0.2, 0) is 4.79 Å². The molecule has 21 heavy (non-hydrogen) atoms. The first-order valence-electron chi connectivity index (χ1n) is 6.63. The lowest BCUT2D eigenvalue weighted by molar-refractivity contribution is -0.137. The van der Waals surface area contributed by atoms with E-state index in [4.69, 9.17) is 21.4 Å². The minimum absolute atomic E-state index is 0.0340. The average Bonchev–Trinajstić information content (AvgIpc) is 2.44. The fraction of sp³-hybridized carbons (Fsp3) is 0.429. The number of carbonyl (C=O) groups is 2. The van der Waals surface area contributed by atoms with Crippen LogP contribution in [0.15, 0.2) is 24.3 Å². The van der Waals surface area contributed by atoms with Crippen molar-refractivity contribution >= 4 is 23.6 Å². The number of urea groups is 1. The Balaban J connectivity index is 2.20. The van der Waals surface area contributed by atoms with Crippen molar-refractivity contribution in [3.8, 4) is 5.75 Å². The Morgan fingerprint density at radius 2 is 2.05 bits per heavy atom. The molecule has 1 unspecified atom stereocenters. The zero-order valence-corrected chi connectivity index (χ0v) is 12.5. The van der Waals surface area contributed by atoms with Crippen LogP contribution in [0.25, 0.3) is 0 Å². The second kappa shape index (κ2) is 9.07. The molecular weight excluding hydrogens is 296 g/mol. The Kier molecular flexibility index (Phi) is 7.39. The Morgan fingerprint density at radius 3 is 2.71 bits per heavy atom. The van der Waals surface area contributed by atoms with E-state index in [0.717, 1.165) is 0 Å². The standard InChI is InChI=1S/C14H19ClN2O4/c1-10(21-12-6-3-2-5-11(12)15)9-17-14(20)16-8-4-7-13(18)19/h2-3,5-6,10H,4,7-9H2,1H3,(H,18,19)(H2,16,17,20). The lowest BCUT2D eigenvalue weighted by Gasteiger charge is -2.16. The largest absolute Gasteiger partial charge is 0.487 e. The predicted octanol–water partition coefficient (Wildman–Crippen LogP) is 2.27. The topological polar surface area (TPSA) is 87.7 Å². The molecular formula is C14H19ClN2O4. The van der Waals surface area contributed by atoms with Crippen molar-refractivity contribution in [3.05, 3.63) is 29.3 Å². The molecule has 0 fully saturated rings. The lowest BCUT2D eigenvalue weighted by atomic mass is 10.3. The number of hydrogen-bond acceptors (Lipinski definition) is 3. The maximum atomic E-state index is 11.5. The lowest BCUT2D eigenvalue weighted by Crippen LogP contribution is -2.40. The van der Waals surface area contributed by atoms with Crippen LogP contribution in [0, 0.1) is 0 Å². The van der Waals surface area contributed by atoms with Gasteiger partial charge in [-0.1, -0.05) is 23.7 Å². The van der Waals surface area contributed by atoms with E-state index >= 15 is 0 Å². The van der Waals surface area contributed by atoms with E-state index in [0.29, 0.717) is 30.3 Å². The van der Waals surface area contributed by atoms with Gasteiger partial charge in [0.05, 0.1) is 11.6 Å². The quantitative estimate of drug-likeness (QED) is 0.642. The summed E-state index contributed by atoms with van der Waals surface area (Å²) in [6.45, 7) is 2.45. The molecule has 0 aromatic heterocycles. The van der Waals surface area contributed by atoms with Crippen LogP contribution in [-0.4, -0.2) is 36.3 Å². The number of benzene rings is 1. The maximum absolute atomic E-state index is 11.5. The van der Waals surface area contributed by atoms with Crippen LogP contribution in [0.2, 0.25) is 5.02 Å². The number of rotatable bonds is 8. The maximum Gasteiger partial charge on any atom is 0.314 e. The molecule has 0 bridgehead atoms. The van der Waals surface area contributed by atoms with Crippen LogP contribution in [0.4, 0.5) is 4.79 Å². The van der Waals surface area contributed by atoms with E-state index < -0.39 is 5.97 Å². The summed E-state index contributed by atoms with van der Waals surface area (Å²) in [5, 5.41) is 14.2. The fourth-order valence-corrected chi connectivity index (χ4v) is 1.72. The number of halogens is 1. The molecule has 0 aliphatic carbocycles. The van der Waals surface area contributed by atoms with E-state index in [2.05, 4.69) is 10.6 Å². The summed E-state index contributed by atoms with van der Waals surface area (Å²) in [6, 6.07) is 6.76. The zero-order chi connectivity index (χ0) is 15.7. The summed E-state index contributed by atoms with van der Waals surface area (Å²) in [6.07, 6.45) is 0.190. The highest BCUT2D eigenvalue weighted by atomic mass is 35.5. The molecule has 0 radical (unpaired) electrons. The molecule has 0 saturated carbocycles. The minimum Gasteiger partial charge on any atom is -0.487 e. The van der Waals surface area contributed by atoms with Gasteiger partial charge in [0, 0.05) is 13.0 Å². The summed E-state index contributed by atoms with van der Waals surface area (Å²) >= 11 is 5.97. The Morgan fingerprint density at radius 1 is 1.33 bits per heavy atom. The molecule has 3 N–H and O–H groups in total. The number of carboxylic acids is 1. The molecule has 0 aliphatic rings. The Labute approximate surface area is 128 Å². The van der Waals surface area contributed by atoms with Crippen LogP contribution >= 0.6 is 11.6 Å². The number of amides is 2. The first kappa shape index (κ1) is 17.1. The second-order valence-electron chi connectivity index (χ2n) is 4.49. The Bertz CT molecular complexity index is 482. The van der Waals surface area contributed by atoms with Gasteiger partial charge in [0.25, 0.3) is 0 Å². The third kappa shape index (κ3) is 7.41. The number of nitrogens with one attached hydrogen (secondary N) is 2. The highest BCUT2D eigenvalue weighted by Crippen LogP contribution is 2.23. The molecule has 1 aromatic rings. The molecule has 0 spiro atoms. The summed E-state index contributed by atoms with van der Waals surface area (Å²) < 4.78 is 5.60. The predicted molar refractivity (Wildman–Crippen MR) is 79.8 cm³/mol. The monoisotopic (exact) mass is 314 g/mol. The van der Waals surface area contributed by atoms with Crippen molar-refractivity contribution in [2.24, 2.45) is 0 Å². The van der Waals surface area contributed by atoms with Gasteiger partial charge in [-0.05, 0) is 25.5 Å². The summed E-state index contributed by atoms with van der Waals surface area (Å²) in [5.41, 5.74) is 0. The van der Waals surface area contributed by atoms with Gasteiger partial charge in [0.15, 0.2) is 0 Å². The van der Waals surface area contributed by atoms with E-state index in [1.165, 1.54) is 0 Å². The van der Waals surface area contributed by atoms with Gasteiger partial charge in [0.1, 0.15) is 11.9 Å².